The zero-order valence-electron chi connectivity index (χ0n) is 11.2. The third kappa shape index (κ3) is 4.56. The number of aryl methyl sites for hydroxylation is 1. The van der Waals surface area contributed by atoms with Crippen LogP contribution in [-0.4, -0.2) is 32.2 Å². The minimum absolute atomic E-state index is 0.200. The van der Waals surface area contributed by atoms with E-state index in [9.17, 15) is 8.42 Å². The number of rotatable bonds is 5. The number of nitrogens with zero attached hydrogens (tertiary/aromatic N) is 1. The molecule has 6 heteroatoms. The zero-order valence-corrected chi connectivity index (χ0v) is 12.0. The van der Waals surface area contributed by atoms with Gasteiger partial charge in [-0.2, -0.15) is 0 Å². The summed E-state index contributed by atoms with van der Waals surface area (Å²) in [6.45, 7) is 4.00. The molecule has 5 nitrogen and oxygen atoms in total. The van der Waals surface area contributed by atoms with Gasteiger partial charge in [-0.1, -0.05) is 6.07 Å². The molecule has 0 aromatic carbocycles. The third-order valence-corrected chi connectivity index (χ3v) is 4.93. The fourth-order valence-corrected chi connectivity index (χ4v) is 3.70. The van der Waals surface area contributed by atoms with E-state index < -0.39 is 10.0 Å². The van der Waals surface area contributed by atoms with E-state index in [1.165, 1.54) is 0 Å². The van der Waals surface area contributed by atoms with Crippen molar-refractivity contribution in [2.24, 2.45) is 5.92 Å². The highest BCUT2D eigenvalue weighted by atomic mass is 32.2. The monoisotopic (exact) mass is 283 g/mol. The first-order chi connectivity index (χ1) is 9.07. The van der Waals surface area contributed by atoms with Crippen LogP contribution in [0.1, 0.15) is 24.1 Å². The number of pyridine rings is 1. The van der Waals surface area contributed by atoms with Crippen molar-refractivity contribution < 1.29 is 8.42 Å². The molecular weight excluding hydrogens is 262 g/mol. The maximum Gasteiger partial charge on any atom is 0.212 e. The molecule has 1 aromatic rings. The van der Waals surface area contributed by atoms with E-state index in [4.69, 9.17) is 0 Å². The lowest BCUT2D eigenvalue weighted by Gasteiger charge is -2.22. The fraction of sp³-hybridized carbons (Fsp3) is 0.615. The molecule has 0 aliphatic carbocycles. The Hall–Kier alpha value is -0.980. The van der Waals surface area contributed by atoms with Crippen molar-refractivity contribution in [2.75, 3.05) is 18.8 Å². The van der Waals surface area contributed by atoms with Gasteiger partial charge in [0.05, 0.1) is 18.0 Å². The van der Waals surface area contributed by atoms with Crippen LogP contribution < -0.4 is 10.0 Å². The van der Waals surface area contributed by atoms with Gasteiger partial charge in [0.25, 0.3) is 0 Å². The highest BCUT2D eigenvalue weighted by Gasteiger charge is 2.21. The van der Waals surface area contributed by atoms with Gasteiger partial charge in [-0.15, -0.1) is 0 Å². The molecule has 2 heterocycles. The van der Waals surface area contributed by atoms with Gasteiger partial charge in [-0.25, -0.2) is 13.1 Å². The molecule has 1 fully saturated rings. The van der Waals surface area contributed by atoms with Crippen LogP contribution in [0.5, 0.6) is 0 Å². The number of hydrogen-bond acceptors (Lipinski definition) is 4. The molecule has 0 amide bonds. The van der Waals surface area contributed by atoms with E-state index in [-0.39, 0.29) is 18.2 Å². The first-order valence-corrected chi connectivity index (χ1v) is 8.30. The van der Waals surface area contributed by atoms with Crippen molar-refractivity contribution in [3.05, 3.63) is 29.6 Å². The van der Waals surface area contributed by atoms with E-state index >= 15 is 0 Å². The smallest absolute Gasteiger partial charge is 0.212 e. The minimum Gasteiger partial charge on any atom is -0.316 e. The third-order valence-electron chi connectivity index (χ3n) is 3.43. The van der Waals surface area contributed by atoms with Crippen molar-refractivity contribution in [1.82, 2.24) is 15.0 Å². The summed E-state index contributed by atoms with van der Waals surface area (Å²) in [6, 6.07) is 3.78. The number of hydrogen-bond donors (Lipinski definition) is 2. The molecule has 1 aromatic heterocycles. The SMILES string of the molecule is Cc1cccnc1CNS(=O)(=O)CC1CCCNC1. The summed E-state index contributed by atoms with van der Waals surface area (Å²) in [4.78, 5) is 4.19. The second-order valence-electron chi connectivity index (χ2n) is 5.08. The summed E-state index contributed by atoms with van der Waals surface area (Å²) < 4.78 is 26.7. The molecule has 2 N–H and O–H groups in total. The Balaban J connectivity index is 1.88. The molecule has 0 bridgehead atoms. The van der Waals surface area contributed by atoms with Crippen LogP contribution in [0.25, 0.3) is 0 Å². The Morgan fingerprint density at radius 2 is 2.37 bits per heavy atom. The zero-order chi connectivity index (χ0) is 13.7. The molecule has 19 heavy (non-hydrogen) atoms. The van der Waals surface area contributed by atoms with Crippen LogP contribution in [0.2, 0.25) is 0 Å². The summed E-state index contributed by atoms with van der Waals surface area (Å²) >= 11 is 0. The van der Waals surface area contributed by atoms with Crippen LogP contribution in [0.3, 0.4) is 0 Å². The van der Waals surface area contributed by atoms with Gasteiger partial charge in [0, 0.05) is 6.20 Å². The maximum absolute atomic E-state index is 12.0. The first-order valence-electron chi connectivity index (χ1n) is 6.65. The van der Waals surface area contributed by atoms with Crippen molar-refractivity contribution in [1.29, 1.82) is 0 Å². The number of aromatic nitrogens is 1. The van der Waals surface area contributed by atoms with E-state index in [1.807, 2.05) is 19.1 Å². The average molecular weight is 283 g/mol. The average Bonchev–Trinajstić information content (AvgIpc) is 2.38. The van der Waals surface area contributed by atoms with Crippen LogP contribution in [0, 0.1) is 12.8 Å². The largest absolute Gasteiger partial charge is 0.316 e. The topological polar surface area (TPSA) is 71.1 Å². The molecule has 0 radical (unpaired) electrons. The van der Waals surface area contributed by atoms with E-state index in [1.54, 1.807) is 6.20 Å². The molecule has 0 saturated carbocycles. The highest BCUT2D eigenvalue weighted by Crippen LogP contribution is 2.12. The molecule has 1 aliphatic rings. The van der Waals surface area contributed by atoms with Crippen molar-refractivity contribution in [3.63, 3.8) is 0 Å². The lowest BCUT2D eigenvalue weighted by atomic mass is 10.0. The molecular formula is C13H21N3O2S. The van der Waals surface area contributed by atoms with Crippen LogP contribution >= 0.6 is 0 Å². The van der Waals surface area contributed by atoms with Crippen LogP contribution in [0.4, 0.5) is 0 Å². The Labute approximate surface area is 114 Å². The van der Waals surface area contributed by atoms with Gasteiger partial charge in [0.1, 0.15) is 0 Å². The summed E-state index contributed by atoms with van der Waals surface area (Å²) in [7, 11) is -3.23. The van der Waals surface area contributed by atoms with Crippen LogP contribution in [0.15, 0.2) is 18.3 Å². The number of nitrogens with one attached hydrogen (secondary N) is 2. The standard InChI is InChI=1S/C13H21N3O2S/c1-11-4-2-7-15-13(11)9-16-19(17,18)10-12-5-3-6-14-8-12/h2,4,7,12,14,16H,3,5-6,8-10H2,1H3. The Kier molecular flexibility index (Phi) is 4.90. The summed E-state index contributed by atoms with van der Waals surface area (Å²) in [5, 5.41) is 3.24. The fourth-order valence-electron chi connectivity index (χ4n) is 2.32. The molecule has 0 spiro atoms. The summed E-state index contributed by atoms with van der Waals surface area (Å²) in [5.74, 6) is 0.419. The van der Waals surface area contributed by atoms with E-state index in [0.717, 1.165) is 37.2 Å². The maximum atomic E-state index is 12.0. The predicted octanol–water partition coefficient (Wildman–Crippen LogP) is 0.809. The number of sulfonamides is 1. The Bertz CT molecular complexity index is 510. The van der Waals surface area contributed by atoms with E-state index in [0.29, 0.717) is 0 Å². The van der Waals surface area contributed by atoms with Crippen molar-refractivity contribution in [2.45, 2.75) is 26.3 Å². The predicted molar refractivity (Wildman–Crippen MR) is 75.2 cm³/mol. The first kappa shape index (κ1) is 14.4. The molecule has 1 saturated heterocycles. The summed E-state index contributed by atoms with van der Waals surface area (Å²) in [5.41, 5.74) is 1.79. The van der Waals surface area contributed by atoms with Gasteiger partial charge < -0.3 is 5.32 Å². The second kappa shape index (κ2) is 6.45. The quantitative estimate of drug-likeness (QED) is 0.839. The van der Waals surface area contributed by atoms with Gasteiger partial charge in [-0.3, -0.25) is 4.98 Å². The summed E-state index contributed by atoms with van der Waals surface area (Å²) in [6.07, 6.45) is 3.72. The minimum atomic E-state index is -3.23. The Morgan fingerprint density at radius 3 is 3.05 bits per heavy atom. The van der Waals surface area contributed by atoms with Crippen molar-refractivity contribution >= 4 is 10.0 Å². The normalized spacial score (nSPS) is 20.4. The van der Waals surface area contributed by atoms with Gasteiger partial charge in [-0.05, 0) is 50.4 Å². The number of piperidine rings is 1. The lowest BCUT2D eigenvalue weighted by Crippen LogP contribution is -2.37. The second-order valence-corrected chi connectivity index (χ2v) is 6.93. The molecule has 106 valence electrons. The van der Waals surface area contributed by atoms with E-state index in [2.05, 4.69) is 15.0 Å². The van der Waals surface area contributed by atoms with Gasteiger partial charge in [0.15, 0.2) is 0 Å². The molecule has 1 atom stereocenters. The molecule has 2 rings (SSSR count). The molecule has 1 aliphatic heterocycles. The van der Waals surface area contributed by atoms with Crippen LogP contribution in [-0.2, 0) is 16.6 Å². The highest BCUT2D eigenvalue weighted by molar-refractivity contribution is 7.89. The Morgan fingerprint density at radius 1 is 1.53 bits per heavy atom. The lowest BCUT2D eigenvalue weighted by molar-refractivity contribution is 0.402. The molecule has 1 unspecified atom stereocenters. The van der Waals surface area contributed by atoms with Gasteiger partial charge in [0.2, 0.25) is 10.0 Å². The van der Waals surface area contributed by atoms with Gasteiger partial charge >= 0.3 is 0 Å². The van der Waals surface area contributed by atoms with Crippen molar-refractivity contribution in [3.8, 4) is 0 Å².